The van der Waals surface area contributed by atoms with E-state index in [1.54, 1.807) is 5.57 Å². The maximum atomic E-state index is 13.5. The largest absolute Gasteiger partial charge is 0.458 e. The average Bonchev–Trinajstić information content (AvgIpc) is 3.62. The van der Waals surface area contributed by atoms with Crippen LogP contribution in [0.1, 0.15) is 173 Å². The van der Waals surface area contributed by atoms with Crippen molar-refractivity contribution < 1.29 is 18.8 Å². The Kier molecular flexibility index (Phi) is 12.5. The second-order valence-electron chi connectivity index (χ2n) is 21.2. The molecule has 1 heterocycles. The average molecular weight is 763 g/mol. The van der Waals surface area contributed by atoms with Gasteiger partial charge in [-0.25, -0.2) is 4.79 Å². The molecule has 1 aliphatic heterocycles. The number of carbonyl (C=O) groups is 1. The Bertz CT molecular complexity index is 1650. The smallest absolute Gasteiger partial charge is 0.458 e. The van der Waals surface area contributed by atoms with E-state index in [0.29, 0.717) is 16.9 Å². The summed E-state index contributed by atoms with van der Waals surface area (Å²) in [7, 11) is -0.207. The zero-order valence-corrected chi connectivity index (χ0v) is 36.7. The standard InChI is InChI=1S/C51H75BO4/c1-35(2)15-13-16-36(3)44-27-28-45-43-26-25-41-33-42(29-31-50(41,8)46(43)30-32-51(44,45)9)54-47(53)39-23-21-37(22-24-39)17-14-20-40(38-18-11-10-12-19-38)34-52-55-48(4,5)49(6,7)56-52/h10-12,18-19,21-25,35-36,40,42-46H,13-17,20,26-34H2,1-9H3/t36-,40+,42+,43+,44-,45+,46+,50+,51-/m1/s1. The van der Waals surface area contributed by atoms with Crippen LogP contribution in [0.4, 0.5) is 0 Å². The zero-order valence-electron chi connectivity index (χ0n) is 36.7. The van der Waals surface area contributed by atoms with Crippen LogP contribution >= 0.6 is 0 Å². The summed E-state index contributed by atoms with van der Waals surface area (Å²) in [5, 5.41) is 0. The van der Waals surface area contributed by atoms with Gasteiger partial charge in [-0.1, -0.05) is 108 Å². The lowest BCUT2D eigenvalue weighted by Crippen LogP contribution is -2.51. The Morgan fingerprint density at radius 2 is 1.52 bits per heavy atom. The molecule has 1 saturated heterocycles. The zero-order chi connectivity index (χ0) is 39.9. The van der Waals surface area contributed by atoms with E-state index in [0.717, 1.165) is 80.4 Å². The molecule has 0 bridgehead atoms. The van der Waals surface area contributed by atoms with E-state index in [-0.39, 0.29) is 35.8 Å². The van der Waals surface area contributed by atoms with Gasteiger partial charge in [-0.2, -0.15) is 0 Å². The Balaban J connectivity index is 0.907. The van der Waals surface area contributed by atoms with Gasteiger partial charge in [0, 0.05) is 6.42 Å². The number of hydrogen-bond donors (Lipinski definition) is 0. The Morgan fingerprint density at radius 3 is 2.21 bits per heavy atom. The molecule has 3 saturated carbocycles. The molecule has 5 aliphatic rings. The van der Waals surface area contributed by atoms with Gasteiger partial charge in [0.2, 0.25) is 0 Å². The first-order valence-electron chi connectivity index (χ1n) is 23.0. The second-order valence-corrected chi connectivity index (χ2v) is 21.2. The van der Waals surface area contributed by atoms with Gasteiger partial charge >= 0.3 is 13.1 Å². The molecule has 5 heteroatoms. The summed E-state index contributed by atoms with van der Waals surface area (Å²) in [6.07, 6.45) is 20.6. The highest BCUT2D eigenvalue weighted by Gasteiger charge is 2.59. The molecule has 56 heavy (non-hydrogen) atoms. The van der Waals surface area contributed by atoms with Crippen molar-refractivity contribution in [1.82, 2.24) is 0 Å². The van der Waals surface area contributed by atoms with Gasteiger partial charge in [0.05, 0.1) is 16.8 Å². The minimum absolute atomic E-state index is 0.0200. The number of benzene rings is 2. The first-order valence-corrected chi connectivity index (χ1v) is 23.0. The highest BCUT2D eigenvalue weighted by Crippen LogP contribution is 2.67. The summed E-state index contributed by atoms with van der Waals surface area (Å²) in [5.41, 5.74) is 5.00. The monoisotopic (exact) mass is 763 g/mol. The molecule has 4 nitrogen and oxygen atoms in total. The quantitative estimate of drug-likeness (QED) is 0.109. The van der Waals surface area contributed by atoms with Crippen LogP contribution in [-0.4, -0.2) is 30.4 Å². The highest BCUT2D eigenvalue weighted by molar-refractivity contribution is 6.45. The molecule has 0 N–H and O–H groups in total. The number of fused-ring (bicyclic) bond motifs is 5. The Labute approximate surface area is 341 Å². The minimum Gasteiger partial charge on any atom is -0.458 e. The molecule has 2 aromatic rings. The molecule has 0 unspecified atom stereocenters. The fourth-order valence-corrected chi connectivity index (χ4v) is 12.8. The lowest BCUT2D eigenvalue weighted by molar-refractivity contribution is -0.0594. The SMILES string of the molecule is CC(C)CCC[C@@H](C)[C@H]1CC[C@H]2[C@@H]3CC=C4C[C@@H](OC(=O)c5ccc(CCC[C@@H](CB6OC(C)(C)C(C)(C)O6)c6ccccc6)cc5)CC[C@]4(C)[C@H]3CC[C@]12C. The van der Waals surface area contributed by atoms with Crippen molar-refractivity contribution in [2.24, 2.45) is 46.3 Å². The van der Waals surface area contributed by atoms with E-state index >= 15 is 0 Å². The van der Waals surface area contributed by atoms with Crippen molar-refractivity contribution in [2.45, 2.75) is 182 Å². The third kappa shape index (κ3) is 8.52. The van der Waals surface area contributed by atoms with Gasteiger partial charge in [0.25, 0.3) is 0 Å². The van der Waals surface area contributed by atoms with Gasteiger partial charge in [0.15, 0.2) is 0 Å². The Hall–Kier alpha value is -2.37. The van der Waals surface area contributed by atoms with Crippen molar-refractivity contribution in [3.63, 3.8) is 0 Å². The number of ether oxygens (including phenoxy) is 1. The fraction of sp³-hybridized carbons (Fsp3) is 0.706. The number of esters is 1. The molecule has 7 rings (SSSR count). The normalized spacial score (nSPS) is 32.9. The molecule has 9 atom stereocenters. The number of carbonyl (C=O) groups excluding carboxylic acids is 1. The predicted octanol–water partition coefficient (Wildman–Crippen LogP) is 13.5. The summed E-state index contributed by atoms with van der Waals surface area (Å²) in [4.78, 5) is 13.5. The molecule has 0 spiro atoms. The maximum absolute atomic E-state index is 13.5. The summed E-state index contributed by atoms with van der Waals surface area (Å²) >= 11 is 0. The van der Waals surface area contributed by atoms with Crippen LogP contribution in [0.5, 0.6) is 0 Å². The van der Waals surface area contributed by atoms with Crippen molar-refractivity contribution in [1.29, 1.82) is 0 Å². The molecule has 4 aliphatic carbocycles. The van der Waals surface area contributed by atoms with E-state index in [1.165, 1.54) is 62.5 Å². The van der Waals surface area contributed by atoms with Gasteiger partial charge in [-0.15, -0.1) is 0 Å². The third-order valence-electron chi connectivity index (χ3n) is 16.8. The van der Waals surface area contributed by atoms with Crippen molar-refractivity contribution in [3.05, 3.63) is 82.9 Å². The van der Waals surface area contributed by atoms with Gasteiger partial charge in [-0.05, 0) is 174 Å². The first-order chi connectivity index (χ1) is 26.6. The molecule has 0 radical (unpaired) electrons. The van der Waals surface area contributed by atoms with Gasteiger partial charge < -0.3 is 14.0 Å². The van der Waals surface area contributed by atoms with E-state index in [1.807, 2.05) is 12.1 Å². The first kappa shape index (κ1) is 41.8. The number of aryl methyl sites for hydroxylation is 1. The molecule has 0 aromatic heterocycles. The van der Waals surface area contributed by atoms with Gasteiger partial charge in [-0.3, -0.25) is 0 Å². The molecule has 0 amide bonds. The van der Waals surface area contributed by atoms with Crippen LogP contribution in [-0.2, 0) is 20.5 Å². The van der Waals surface area contributed by atoms with Crippen molar-refractivity contribution in [3.8, 4) is 0 Å². The molecular formula is C51H75BO4. The molecular weight excluding hydrogens is 687 g/mol. The number of rotatable bonds is 14. The van der Waals surface area contributed by atoms with Gasteiger partial charge in [0.1, 0.15) is 6.10 Å². The van der Waals surface area contributed by atoms with Crippen LogP contribution < -0.4 is 0 Å². The van der Waals surface area contributed by atoms with E-state index in [9.17, 15) is 4.79 Å². The second kappa shape index (κ2) is 16.7. The third-order valence-corrected chi connectivity index (χ3v) is 16.8. The van der Waals surface area contributed by atoms with Crippen LogP contribution in [0.15, 0.2) is 66.2 Å². The van der Waals surface area contributed by atoms with Crippen molar-refractivity contribution >= 4 is 13.1 Å². The lowest BCUT2D eigenvalue weighted by Gasteiger charge is -2.58. The van der Waals surface area contributed by atoms with E-state index in [2.05, 4.69) is 111 Å². The molecule has 306 valence electrons. The predicted molar refractivity (Wildman–Crippen MR) is 232 cm³/mol. The summed E-state index contributed by atoms with van der Waals surface area (Å²) in [5.74, 6) is 5.24. The topological polar surface area (TPSA) is 44.8 Å². The summed E-state index contributed by atoms with van der Waals surface area (Å²) in [6, 6.07) is 19.0. The molecule has 4 fully saturated rings. The number of allylic oxidation sites excluding steroid dienone is 1. The van der Waals surface area contributed by atoms with Crippen LogP contribution in [0.25, 0.3) is 0 Å². The van der Waals surface area contributed by atoms with E-state index < -0.39 is 0 Å². The van der Waals surface area contributed by atoms with Crippen molar-refractivity contribution in [2.75, 3.05) is 0 Å². The maximum Gasteiger partial charge on any atom is 0.458 e. The fourth-order valence-electron chi connectivity index (χ4n) is 12.8. The summed E-state index contributed by atoms with van der Waals surface area (Å²) in [6.45, 7) is 21.1. The van der Waals surface area contributed by atoms with E-state index in [4.69, 9.17) is 14.0 Å². The highest BCUT2D eigenvalue weighted by atomic mass is 16.7. The minimum atomic E-state index is -0.320. The summed E-state index contributed by atoms with van der Waals surface area (Å²) < 4.78 is 19.1. The Morgan fingerprint density at radius 1 is 0.804 bits per heavy atom. The van der Waals surface area contributed by atoms with Crippen LogP contribution in [0, 0.1) is 46.3 Å². The number of hydrogen-bond acceptors (Lipinski definition) is 4. The van der Waals surface area contributed by atoms with Crippen LogP contribution in [0.2, 0.25) is 6.32 Å². The molecule has 2 aromatic carbocycles. The lowest BCUT2D eigenvalue weighted by atomic mass is 9.47. The van der Waals surface area contributed by atoms with Crippen LogP contribution in [0.3, 0.4) is 0 Å².